The van der Waals surface area contributed by atoms with Gasteiger partial charge in [-0.1, -0.05) is 13.8 Å². The zero-order valence-corrected chi connectivity index (χ0v) is 8.94. The molecule has 1 saturated heterocycles. The van der Waals surface area contributed by atoms with Gasteiger partial charge in [-0.25, -0.2) is 0 Å². The third kappa shape index (κ3) is 2.69. The highest BCUT2D eigenvalue weighted by Crippen LogP contribution is 2.12. The molecule has 1 amide bonds. The zero-order chi connectivity index (χ0) is 10.7. The van der Waals surface area contributed by atoms with E-state index in [2.05, 4.69) is 0 Å². The van der Waals surface area contributed by atoms with Crippen LogP contribution >= 0.6 is 0 Å². The van der Waals surface area contributed by atoms with Crippen LogP contribution < -0.4 is 5.73 Å². The molecule has 0 bridgehead atoms. The molecule has 82 valence electrons. The van der Waals surface area contributed by atoms with Crippen LogP contribution in [-0.4, -0.2) is 41.1 Å². The van der Waals surface area contributed by atoms with Crippen LogP contribution in [0.1, 0.15) is 26.7 Å². The molecule has 0 radical (unpaired) electrons. The van der Waals surface area contributed by atoms with Gasteiger partial charge in [0.25, 0.3) is 0 Å². The van der Waals surface area contributed by atoms with Crippen LogP contribution in [0.4, 0.5) is 0 Å². The van der Waals surface area contributed by atoms with Crippen LogP contribution in [-0.2, 0) is 4.79 Å². The molecular formula is C10H20N2O2. The van der Waals surface area contributed by atoms with E-state index in [1.807, 2.05) is 13.8 Å². The van der Waals surface area contributed by atoms with Gasteiger partial charge in [0.05, 0.1) is 12.1 Å². The lowest BCUT2D eigenvalue weighted by molar-refractivity contribution is -0.136. The predicted molar refractivity (Wildman–Crippen MR) is 54.6 cm³/mol. The molecule has 1 fully saturated rings. The molecule has 0 spiro atoms. The Morgan fingerprint density at radius 3 is 2.71 bits per heavy atom. The molecular weight excluding hydrogens is 180 g/mol. The van der Waals surface area contributed by atoms with Gasteiger partial charge in [0.2, 0.25) is 5.91 Å². The molecule has 1 heterocycles. The number of rotatable bonds is 2. The average Bonchev–Trinajstić information content (AvgIpc) is 2.15. The molecule has 1 aliphatic rings. The summed E-state index contributed by atoms with van der Waals surface area (Å²) in [6.45, 7) is 5.04. The fourth-order valence-electron chi connectivity index (χ4n) is 1.65. The van der Waals surface area contributed by atoms with Crippen LogP contribution in [0.15, 0.2) is 0 Å². The smallest absolute Gasteiger partial charge is 0.239 e. The van der Waals surface area contributed by atoms with E-state index in [0.29, 0.717) is 6.54 Å². The van der Waals surface area contributed by atoms with Crippen molar-refractivity contribution in [3.8, 4) is 0 Å². The summed E-state index contributed by atoms with van der Waals surface area (Å²) in [6, 6.07) is -0.430. The third-order valence-electron chi connectivity index (χ3n) is 2.71. The molecule has 1 aliphatic heterocycles. The number of aliphatic hydroxyl groups excluding tert-OH is 1. The van der Waals surface area contributed by atoms with E-state index in [-0.39, 0.29) is 17.9 Å². The molecule has 3 N–H and O–H groups in total. The first-order valence-corrected chi connectivity index (χ1v) is 5.24. The highest BCUT2D eigenvalue weighted by Gasteiger charge is 2.27. The van der Waals surface area contributed by atoms with Crippen molar-refractivity contribution in [1.82, 2.24) is 4.90 Å². The van der Waals surface area contributed by atoms with Crippen molar-refractivity contribution < 1.29 is 9.90 Å². The van der Waals surface area contributed by atoms with E-state index in [0.717, 1.165) is 19.4 Å². The van der Waals surface area contributed by atoms with E-state index >= 15 is 0 Å². The summed E-state index contributed by atoms with van der Waals surface area (Å²) in [5, 5.41) is 9.41. The number of nitrogens with zero attached hydrogens (tertiary/aromatic N) is 1. The van der Waals surface area contributed by atoms with Gasteiger partial charge >= 0.3 is 0 Å². The topological polar surface area (TPSA) is 66.6 Å². The maximum Gasteiger partial charge on any atom is 0.239 e. The summed E-state index contributed by atoms with van der Waals surface area (Å²) >= 11 is 0. The van der Waals surface area contributed by atoms with Crippen LogP contribution in [0.25, 0.3) is 0 Å². The number of piperidine rings is 1. The van der Waals surface area contributed by atoms with Gasteiger partial charge in [0.1, 0.15) is 0 Å². The first-order valence-electron chi connectivity index (χ1n) is 5.24. The normalized spacial score (nSPS) is 25.2. The second-order valence-electron chi connectivity index (χ2n) is 4.35. The van der Waals surface area contributed by atoms with E-state index in [4.69, 9.17) is 5.73 Å². The van der Waals surface area contributed by atoms with Crippen molar-refractivity contribution in [2.45, 2.75) is 38.8 Å². The van der Waals surface area contributed by atoms with Crippen LogP contribution in [0.3, 0.4) is 0 Å². The van der Waals surface area contributed by atoms with Crippen LogP contribution in [0.5, 0.6) is 0 Å². The number of carbonyl (C=O) groups is 1. The molecule has 4 heteroatoms. The van der Waals surface area contributed by atoms with Crippen molar-refractivity contribution in [3.05, 3.63) is 0 Å². The minimum absolute atomic E-state index is 0.0289. The number of aliphatic hydroxyl groups is 1. The lowest BCUT2D eigenvalue weighted by Gasteiger charge is -2.32. The maximum absolute atomic E-state index is 11.8. The molecule has 4 nitrogen and oxygen atoms in total. The average molecular weight is 200 g/mol. The first kappa shape index (κ1) is 11.5. The van der Waals surface area contributed by atoms with Crippen LogP contribution in [0.2, 0.25) is 0 Å². The van der Waals surface area contributed by atoms with Gasteiger partial charge in [-0.05, 0) is 18.8 Å². The zero-order valence-electron chi connectivity index (χ0n) is 8.94. The Balaban J connectivity index is 2.51. The fourth-order valence-corrected chi connectivity index (χ4v) is 1.65. The SMILES string of the molecule is CC(C)[C@@H](N)C(=O)N1CCCC(O)C1. The summed E-state index contributed by atoms with van der Waals surface area (Å²) < 4.78 is 0. The Morgan fingerprint density at radius 2 is 2.21 bits per heavy atom. The highest BCUT2D eigenvalue weighted by molar-refractivity contribution is 5.82. The summed E-state index contributed by atoms with van der Waals surface area (Å²) in [6.07, 6.45) is 1.30. The van der Waals surface area contributed by atoms with Crippen molar-refractivity contribution in [2.75, 3.05) is 13.1 Å². The Hall–Kier alpha value is -0.610. The maximum atomic E-state index is 11.8. The largest absolute Gasteiger partial charge is 0.391 e. The number of amides is 1. The van der Waals surface area contributed by atoms with Crippen molar-refractivity contribution in [1.29, 1.82) is 0 Å². The second-order valence-corrected chi connectivity index (χ2v) is 4.35. The van der Waals surface area contributed by atoms with E-state index in [1.165, 1.54) is 0 Å². The molecule has 0 aromatic rings. The van der Waals surface area contributed by atoms with E-state index < -0.39 is 6.04 Å². The highest BCUT2D eigenvalue weighted by atomic mass is 16.3. The molecule has 0 aliphatic carbocycles. The Bertz CT molecular complexity index is 206. The number of β-amino-alcohol motifs (C(OH)–C–C–N with tert-alkyl or cyclic N) is 1. The molecule has 0 aromatic carbocycles. The summed E-state index contributed by atoms with van der Waals surface area (Å²) in [7, 11) is 0. The number of hydrogen-bond donors (Lipinski definition) is 2. The second kappa shape index (κ2) is 4.75. The molecule has 1 unspecified atom stereocenters. The Morgan fingerprint density at radius 1 is 1.57 bits per heavy atom. The van der Waals surface area contributed by atoms with Crippen molar-refractivity contribution in [3.63, 3.8) is 0 Å². The van der Waals surface area contributed by atoms with Crippen LogP contribution in [0, 0.1) is 5.92 Å². The predicted octanol–water partition coefficient (Wildman–Crippen LogP) is -0.0470. The van der Waals surface area contributed by atoms with Gasteiger partial charge in [-0.2, -0.15) is 0 Å². The minimum atomic E-state index is -0.430. The number of carbonyl (C=O) groups excluding carboxylic acids is 1. The van der Waals surface area contributed by atoms with Crippen molar-refractivity contribution >= 4 is 5.91 Å². The van der Waals surface area contributed by atoms with Gasteiger partial charge in [0, 0.05) is 13.1 Å². The molecule has 2 atom stereocenters. The summed E-state index contributed by atoms with van der Waals surface area (Å²) in [5.41, 5.74) is 5.76. The standard InChI is InChI=1S/C10H20N2O2/c1-7(2)9(11)10(14)12-5-3-4-8(13)6-12/h7-9,13H,3-6,11H2,1-2H3/t8?,9-/m1/s1. The number of nitrogens with two attached hydrogens (primary N) is 1. The molecule has 1 rings (SSSR count). The van der Waals surface area contributed by atoms with E-state index in [9.17, 15) is 9.90 Å². The lowest BCUT2D eigenvalue weighted by Crippen LogP contribution is -2.51. The van der Waals surface area contributed by atoms with Gasteiger partial charge in [-0.15, -0.1) is 0 Å². The first-order chi connectivity index (χ1) is 6.52. The molecule has 14 heavy (non-hydrogen) atoms. The van der Waals surface area contributed by atoms with E-state index in [1.54, 1.807) is 4.90 Å². The Kier molecular flexibility index (Phi) is 3.89. The van der Waals surface area contributed by atoms with Gasteiger partial charge in [0.15, 0.2) is 0 Å². The number of likely N-dealkylation sites (tertiary alicyclic amines) is 1. The third-order valence-corrected chi connectivity index (χ3v) is 2.71. The van der Waals surface area contributed by atoms with Crippen molar-refractivity contribution in [2.24, 2.45) is 11.7 Å². The molecule has 0 aromatic heterocycles. The monoisotopic (exact) mass is 200 g/mol. The quantitative estimate of drug-likeness (QED) is 0.657. The van der Waals surface area contributed by atoms with Gasteiger partial charge < -0.3 is 15.7 Å². The summed E-state index contributed by atoms with van der Waals surface area (Å²) in [5.74, 6) is 0.125. The summed E-state index contributed by atoms with van der Waals surface area (Å²) in [4.78, 5) is 13.5. The lowest BCUT2D eigenvalue weighted by atomic mass is 10.0. The number of hydrogen-bond acceptors (Lipinski definition) is 3. The fraction of sp³-hybridized carbons (Fsp3) is 0.900. The Labute approximate surface area is 85.1 Å². The molecule has 0 saturated carbocycles. The van der Waals surface area contributed by atoms with Gasteiger partial charge in [-0.3, -0.25) is 4.79 Å². The minimum Gasteiger partial charge on any atom is -0.391 e.